The molecule has 0 radical (unpaired) electrons. The van der Waals surface area contributed by atoms with Crippen LogP contribution in [-0.4, -0.2) is 40.3 Å². The van der Waals surface area contributed by atoms with Crippen molar-refractivity contribution < 1.29 is 31.5 Å². The highest BCUT2D eigenvalue weighted by molar-refractivity contribution is 8.15. The number of amidine groups is 1. The first-order chi connectivity index (χ1) is 15.9. The first-order valence-electron chi connectivity index (χ1n) is 10.2. The quantitative estimate of drug-likeness (QED) is 0.560. The number of rotatable bonds is 6. The number of amides is 1. The molecule has 1 fully saturated rings. The second-order valence-electron chi connectivity index (χ2n) is 8.54. The van der Waals surface area contributed by atoms with Crippen LogP contribution >= 0.6 is 11.8 Å². The molecule has 1 saturated carbocycles. The van der Waals surface area contributed by atoms with Crippen molar-refractivity contribution in [2.24, 2.45) is 16.6 Å². The number of pyridine rings is 1. The van der Waals surface area contributed by atoms with Crippen molar-refractivity contribution in [1.29, 1.82) is 0 Å². The average Bonchev–Trinajstić information content (AvgIpc) is 3.49. The summed E-state index contributed by atoms with van der Waals surface area (Å²) in [5, 5.41) is 2.79. The van der Waals surface area contributed by atoms with E-state index in [2.05, 4.69) is 20.0 Å². The number of aryl methyl sites for hydroxylation is 1. The Hall–Kier alpha value is -2.89. The van der Waals surface area contributed by atoms with E-state index in [1.165, 1.54) is 31.2 Å². The monoisotopic (exact) mass is 500 g/mol. The van der Waals surface area contributed by atoms with Gasteiger partial charge in [-0.2, -0.15) is 13.2 Å². The van der Waals surface area contributed by atoms with Crippen molar-refractivity contribution in [2.75, 3.05) is 18.6 Å². The van der Waals surface area contributed by atoms with Crippen LogP contribution in [0.5, 0.6) is 5.75 Å². The molecule has 0 bridgehead atoms. The van der Waals surface area contributed by atoms with Gasteiger partial charge in [0.05, 0.1) is 16.5 Å². The lowest BCUT2D eigenvalue weighted by molar-refractivity contribution is -0.153. The fraction of sp³-hybridized carbons (Fsp3) is 0.409. The molecule has 4 rings (SSSR count). The summed E-state index contributed by atoms with van der Waals surface area (Å²) >= 11 is 1.16. The maximum absolute atomic E-state index is 14.8. The zero-order valence-corrected chi connectivity index (χ0v) is 19.0. The normalized spacial score (nSPS) is 25.9. The van der Waals surface area contributed by atoms with Gasteiger partial charge in [-0.3, -0.25) is 9.79 Å². The molecule has 2 aliphatic rings. The smallest absolute Gasteiger partial charge is 0.422 e. The number of hydrogen-bond donors (Lipinski definition) is 2. The summed E-state index contributed by atoms with van der Waals surface area (Å²) in [6.45, 7) is 1.10. The Kier molecular flexibility index (Phi) is 5.99. The maximum Gasteiger partial charge on any atom is 0.422 e. The summed E-state index contributed by atoms with van der Waals surface area (Å²) in [5.74, 6) is -1.59. The maximum atomic E-state index is 14.8. The molecule has 2 heterocycles. The lowest BCUT2D eigenvalue weighted by Gasteiger charge is -2.33. The van der Waals surface area contributed by atoms with Gasteiger partial charge in [0, 0.05) is 17.2 Å². The van der Waals surface area contributed by atoms with Gasteiger partial charge in [0.15, 0.2) is 11.8 Å². The van der Waals surface area contributed by atoms with Crippen molar-refractivity contribution in [3.8, 4) is 5.75 Å². The number of thioether (sulfide) groups is 1. The predicted molar refractivity (Wildman–Crippen MR) is 118 cm³/mol. The van der Waals surface area contributed by atoms with Crippen LogP contribution in [0, 0.1) is 18.7 Å². The fourth-order valence-electron chi connectivity index (χ4n) is 4.28. The molecule has 1 aliphatic carbocycles. The Morgan fingerprint density at radius 3 is 2.74 bits per heavy atom. The van der Waals surface area contributed by atoms with E-state index in [1.54, 1.807) is 6.92 Å². The molecule has 1 aromatic heterocycles. The molecule has 1 aromatic carbocycles. The molecule has 0 spiro atoms. The van der Waals surface area contributed by atoms with Crippen molar-refractivity contribution >= 4 is 28.5 Å². The molecular weight excluding hydrogens is 479 g/mol. The summed E-state index contributed by atoms with van der Waals surface area (Å²) in [7, 11) is 0. The van der Waals surface area contributed by atoms with E-state index in [0.29, 0.717) is 12.0 Å². The molecule has 3 atom stereocenters. The number of nitrogens with one attached hydrogen (secondary N) is 1. The van der Waals surface area contributed by atoms with Crippen LogP contribution in [0.2, 0.25) is 0 Å². The molecular formula is C22H21F5N4O2S. The minimum Gasteiger partial charge on any atom is -0.482 e. The molecule has 182 valence electrons. The van der Waals surface area contributed by atoms with Gasteiger partial charge >= 0.3 is 6.18 Å². The minimum absolute atomic E-state index is 0.0357. The first kappa shape index (κ1) is 24.2. The Labute approximate surface area is 196 Å². The van der Waals surface area contributed by atoms with Gasteiger partial charge in [-0.25, -0.2) is 13.8 Å². The van der Waals surface area contributed by atoms with E-state index in [4.69, 9.17) is 5.73 Å². The Balaban J connectivity index is 1.55. The van der Waals surface area contributed by atoms with Crippen LogP contribution in [0.15, 0.2) is 35.5 Å². The van der Waals surface area contributed by atoms with Gasteiger partial charge in [-0.15, -0.1) is 0 Å². The summed E-state index contributed by atoms with van der Waals surface area (Å²) < 4.78 is 69.5. The summed E-state index contributed by atoms with van der Waals surface area (Å²) in [6.07, 6.45) is -2.99. The van der Waals surface area contributed by atoms with Gasteiger partial charge in [0.2, 0.25) is 0 Å². The summed E-state index contributed by atoms with van der Waals surface area (Å²) in [5.41, 5.74) is 5.50. The van der Waals surface area contributed by atoms with E-state index < -0.39 is 41.5 Å². The number of benzene rings is 1. The van der Waals surface area contributed by atoms with E-state index >= 15 is 0 Å². The van der Waals surface area contributed by atoms with E-state index in [-0.39, 0.29) is 33.8 Å². The average molecular weight is 500 g/mol. The predicted octanol–water partition coefficient (Wildman–Crippen LogP) is 4.73. The molecule has 12 heteroatoms. The SMILES string of the molecule is Cc1cc(OCC(F)(F)F)cnc1C(=O)Nc1ccc(F)c([C@@]2(C)N=C(N)S[C@@]3(CF)C[C@H]32)c1. The van der Waals surface area contributed by atoms with Crippen LogP contribution in [0.25, 0.3) is 0 Å². The molecule has 1 aliphatic heterocycles. The fourth-order valence-corrected chi connectivity index (χ4v) is 5.61. The van der Waals surface area contributed by atoms with Crippen molar-refractivity contribution in [3.05, 3.63) is 53.1 Å². The van der Waals surface area contributed by atoms with Crippen LogP contribution < -0.4 is 15.8 Å². The number of aliphatic imine (C=N–C) groups is 1. The summed E-state index contributed by atoms with van der Waals surface area (Å²) in [4.78, 5) is 21.1. The Morgan fingerprint density at radius 2 is 2.09 bits per heavy atom. The number of carbonyl (C=O) groups is 1. The van der Waals surface area contributed by atoms with Crippen molar-refractivity contribution in [1.82, 2.24) is 4.98 Å². The lowest BCUT2D eigenvalue weighted by Crippen LogP contribution is -2.36. The number of carbonyl (C=O) groups excluding carboxylic acids is 1. The molecule has 34 heavy (non-hydrogen) atoms. The van der Waals surface area contributed by atoms with Gasteiger partial charge in [0.1, 0.15) is 23.9 Å². The largest absolute Gasteiger partial charge is 0.482 e. The number of fused-ring (bicyclic) bond motifs is 1. The molecule has 1 amide bonds. The number of halogens is 5. The highest BCUT2D eigenvalue weighted by Crippen LogP contribution is 2.66. The number of alkyl halides is 4. The van der Waals surface area contributed by atoms with Gasteiger partial charge in [0.25, 0.3) is 5.91 Å². The van der Waals surface area contributed by atoms with Crippen LogP contribution in [0.4, 0.5) is 27.6 Å². The highest BCUT2D eigenvalue weighted by Gasteiger charge is 2.66. The van der Waals surface area contributed by atoms with E-state index in [0.717, 1.165) is 18.0 Å². The minimum atomic E-state index is -4.50. The third-order valence-corrected chi connectivity index (χ3v) is 7.29. The molecule has 3 N–H and O–H groups in total. The molecule has 2 aromatic rings. The first-order valence-corrected chi connectivity index (χ1v) is 11.1. The second-order valence-corrected chi connectivity index (χ2v) is 9.98. The molecule has 0 unspecified atom stereocenters. The number of nitrogens with zero attached hydrogens (tertiary/aromatic N) is 2. The number of nitrogens with two attached hydrogens (primary N) is 1. The second kappa shape index (κ2) is 8.40. The zero-order chi connectivity index (χ0) is 24.9. The number of anilines is 1. The van der Waals surface area contributed by atoms with E-state index in [1.807, 2.05) is 0 Å². The number of ether oxygens (including phenoxy) is 1. The van der Waals surface area contributed by atoms with Crippen LogP contribution in [0.1, 0.15) is 35.0 Å². The Morgan fingerprint density at radius 1 is 1.35 bits per heavy atom. The number of hydrogen-bond acceptors (Lipinski definition) is 6. The van der Waals surface area contributed by atoms with Gasteiger partial charge in [-0.1, -0.05) is 11.8 Å². The van der Waals surface area contributed by atoms with Crippen molar-refractivity contribution in [3.63, 3.8) is 0 Å². The topological polar surface area (TPSA) is 89.6 Å². The third-order valence-electron chi connectivity index (χ3n) is 6.02. The van der Waals surface area contributed by atoms with E-state index in [9.17, 15) is 26.7 Å². The lowest BCUT2D eigenvalue weighted by atomic mass is 9.85. The van der Waals surface area contributed by atoms with Gasteiger partial charge in [-0.05, 0) is 50.1 Å². The van der Waals surface area contributed by atoms with Crippen molar-refractivity contribution in [2.45, 2.75) is 36.7 Å². The zero-order valence-electron chi connectivity index (χ0n) is 18.2. The molecule has 0 saturated heterocycles. The molecule has 6 nitrogen and oxygen atoms in total. The van der Waals surface area contributed by atoms with Gasteiger partial charge < -0.3 is 15.8 Å². The van der Waals surface area contributed by atoms with Crippen LogP contribution in [-0.2, 0) is 5.54 Å². The Bertz CT molecular complexity index is 1170. The standard InChI is InChI=1S/C22H21F5N4O2S/c1-11-5-13(33-10-22(25,26)27)8-29-17(11)18(32)30-12-3-4-15(24)14(6-12)20(2)16-7-21(16,9-23)34-19(28)31-20/h3-6,8,16H,7,9-10H2,1-2H3,(H2,28,31)(H,30,32)/t16-,20+,21+/m0/s1. The third kappa shape index (κ3) is 4.55. The van der Waals surface area contributed by atoms with Crippen LogP contribution in [0.3, 0.4) is 0 Å². The summed E-state index contributed by atoms with van der Waals surface area (Å²) in [6, 6.07) is 5.23. The number of aromatic nitrogens is 1. The highest BCUT2D eigenvalue weighted by atomic mass is 32.2.